The Balaban J connectivity index is 1.65. The van der Waals surface area contributed by atoms with Gasteiger partial charge in [0.1, 0.15) is 5.76 Å². The summed E-state index contributed by atoms with van der Waals surface area (Å²) >= 11 is 0. The maximum atomic E-state index is 11.0. The van der Waals surface area contributed by atoms with E-state index in [0.717, 1.165) is 11.3 Å². The lowest BCUT2D eigenvalue weighted by Crippen LogP contribution is -2.11. The van der Waals surface area contributed by atoms with Gasteiger partial charge in [0.15, 0.2) is 6.61 Å². The Bertz CT molecular complexity index is 722. The molecular weight excluding hydrogens is 340 g/mol. The minimum Gasteiger partial charge on any atom is -0.482 e. The molecule has 26 heavy (non-hydrogen) atoms. The van der Waals surface area contributed by atoms with Crippen LogP contribution in [-0.2, 0) is 25.6 Å². The number of hydrogen-bond acceptors (Lipinski definition) is 7. The fraction of sp³-hybridized carbons (Fsp3) is 0.333. The summed E-state index contributed by atoms with van der Waals surface area (Å²) in [6, 6.07) is 6.26. The van der Waals surface area contributed by atoms with Crippen molar-refractivity contribution in [2.45, 2.75) is 13.0 Å². The van der Waals surface area contributed by atoms with E-state index < -0.39 is 10.9 Å². The number of esters is 1. The first-order chi connectivity index (χ1) is 12.6. The highest BCUT2D eigenvalue weighted by Crippen LogP contribution is 2.13. The highest BCUT2D eigenvalue weighted by molar-refractivity contribution is 5.97. The molecule has 1 aromatic carbocycles. The van der Waals surface area contributed by atoms with Gasteiger partial charge in [0.05, 0.1) is 31.8 Å². The number of hydrogen-bond donors (Lipinski definition) is 0. The van der Waals surface area contributed by atoms with E-state index in [2.05, 4.69) is 9.73 Å². The summed E-state index contributed by atoms with van der Waals surface area (Å²) < 4.78 is 15.3. The number of nitro benzene ring substituents is 1. The molecule has 0 heterocycles. The summed E-state index contributed by atoms with van der Waals surface area (Å²) in [6.07, 6.45) is 6.06. The summed E-state index contributed by atoms with van der Waals surface area (Å²) in [5.41, 5.74) is 1.83. The number of rotatable bonds is 9. The van der Waals surface area contributed by atoms with Crippen molar-refractivity contribution in [2.75, 3.05) is 26.9 Å². The summed E-state index contributed by atoms with van der Waals surface area (Å²) in [5, 5.41) is 10.6. The lowest BCUT2D eigenvalue weighted by atomic mass is 10.1. The van der Waals surface area contributed by atoms with Crippen LogP contribution in [0.3, 0.4) is 0 Å². The lowest BCUT2D eigenvalue weighted by molar-refractivity contribution is -0.384. The maximum absolute atomic E-state index is 11.0. The first kappa shape index (κ1) is 19.3. The molecule has 138 valence electrons. The Morgan fingerprint density at radius 1 is 1.27 bits per heavy atom. The smallest absolute Gasteiger partial charge is 0.343 e. The van der Waals surface area contributed by atoms with Crippen LogP contribution in [-0.4, -0.2) is 43.5 Å². The van der Waals surface area contributed by atoms with Gasteiger partial charge in [0.25, 0.3) is 5.69 Å². The predicted molar refractivity (Wildman–Crippen MR) is 94.9 cm³/mol. The zero-order valence-electron chi connectivity index (χ0n) is 14.4. The molecule has 1 aromatic rings. The second kappa shape index (κ2) is 10.1. The molecule has 0 radical (unpaired) electrons. The molecule has 0 aromatic heterocycles. The van der Waals surface area contributed by atoms with E-state index in [1.165, 1.54) is 19.2 Å². The highest BCUT2D eigenvalue weighted by atomic mass is 16.6. The van der Waals surface area contributed by atoms with Crippen LogP contribution in [0, 0.1) is 10.1 Å². The maximum Gasteiger partial charge on any atom is 0.343 e. The van der Waals surface area contributed by atoms with Crippen LogP contribution in [0.1, 0.15) is 12.0 Å². The molecule has 1 aliphatic carbocycles. The van der Waals surface area contributed by atoms with E-state index >= 15 is 0 Å². The molecule has 0 fully saturated rings. The lowest BCUT2D eigenvalue weighted by Gasteiger charge is -2.10. The second-order valence-corrected chi connectivity index (χ2v) is 5.36. The largest absolute Gasteiger partial charge is 0.482 e. The van der Waals surface area contributed by atoms with E-state index in [-0.39, 0.29) is 12.3 Å². The molecular formula is C18H20N2O6. The van der Waals surface area contributed by atoms with Crippen LogP contribution in [0.2, 0.25) is 0 Å². The molecule has 0 amide bonds. The van der Waals surface area contributed by atoms with Gasteiger partial charge in [-0.1, -0.05) is 0 Å². The number of carbonyl (C=O) groups excluding carboxylic acids is 1. The Kier molecular flexibility index (Phi) is 7.50. The van der Waals surface area contributed by atoms with E-state index in [4.69, 9.17) is 9.47 Å². The van der Waals surface area contributed by atoms with Crippen molar-refractivity contribution in [1.29, 1.82) is 0 Å². The van der Waals surface area contributed by atoms with Crippen LogP contribution in [0.4, 0.5) is 5.69 Å². The molecule has 0 atom stereocenters. The summed E-state index contributed by atoms with van der Waals surface area (Å²) in [4.78, 5) is 25.6. The van der Waals surface area contributed by atoms with Crippen molar-refractivity contribution in [3.8, 4) is 0 Å². The number of ether oxygens (including phenoxy) is 3. The van der Waals surface area contributed by atoms with Crippen molar-refractivity contribution in [3.05, 3.63) is 63.9 Å². The van der Waals surface area contributed by atoms with E-state index in [1.807, 2.05) is 12.2 Å². The molecule has 0 saturated heterocycles. The Morgan fingerprint density at radius 3 is 2.65 bits per heavy atom. The number of nitro groups is 1. The average molecular weight is 360 g/mol. The molecule has 0 spiro atoms. The van der Waals surface area contributed by atoms with Crippen LogP contribution < -0.4 is 0 Å². The average Bonchev–Trinajstić information content (AvgIpc) is 2.67. The third kappa shape index (κ3) is 6.48. The number of aliphatic imine (C=N–C) groups is 1. The van der Waals surface area contributed by atoms with Crippen LogP contribution in [0.5, 0.6) is 0 Å². The van der Waals surface area contributed by atoms with E-state index in [0.29, 0.717) is 31.9 Å². The summed E-state index contributed by atoms with van der Waals surface area (Å²) in [6.45, 7) is 1.22. The Hall–Kier alpha value is -3.00. The minimum atomic E-state index is -0.432. The van der Waals surface area contributed by atoms with Gasteiger partial charge in [-0.25, -0.2) is 4.79 Å². The standard InChI is InChI=1S/C18H20N2O6/c1-24-18(21)13-26-17-8-4-15(5-9-17)19-10-11-25-12-14-2-6-16(7-3-14)20(22)23/h2-4,6-9H,5,10-13H2,1H3. The predicted octanol–water partition coefficient (Wildman–Crippen LogP) is 2.59. The van der Waals surface area contributed by atoms with Crippen molar-refractivity contribution >= 4 is 17.4 Å². The van der Waals surface area contributed by atoms with Gasteiger partial charge >= 0.3 is 5.97 Å². The second-order valence-electron chi connectivity index (χ2n) is 5.36. The molecule has 0 saturated carbocycles. The van der Waals surface area contributed by atoms with Crippen LogP contribution in [0.25, 0.3) is 0 Å². The van der Waals surface area contributed by atoms with Crippen LogP contribution >= 0.6 is 0 Å². The van der Waals surface area contributed by atoms with Crippen molar-refractivity contribution in [2.24, 2.45) is 4.99 Å². The topological polar surface area (TPSA) is 100 Å². The zero-order chi connectivity index (χ0) is 18.8. The van der Waals surface area contributed by atoms with Crippen molar-refractivity contribution < 1.29 is 23.9 Å². The minimum absolute atomic E-state index is 0.0622. The van der Waals surface area contributed by atoms with Gasteiger partial charge in [0, 0.05) is 24.3 Å². The van der Waals surface area contributed by atoms with Gasteiger partial charge in [0.2, 0.25) is 0 Å². The van der Waals surface area contributed by atoms with Crippen molar-refractivity contribution in [1.82, 2.24) is 0 Å². The molecule has 0 bridgehead atoms. The fourth-order valence-corrected chi connectivity index (χ4v) is 2.10. The normalized spacial score (nSPS) is 14.8. The summed E-state index contributed by atoms with van der Waals surface area (Å²) in [5.74, 6) is 0.188. The molecule has 8 nitrogen and oxygen atoms in total. The highest BCUT2D eigenvalue weighted by Gasteiger charge is 2.06. The number of methoxy groups -OCH3 is 1. The molecule has 1 aliphatic rings. The molecule has 0 N–H and O–H groups in total. The Morgan fingerprint density at radius 2 is 2.04 bits per heavy atom. The summed E-state index contributed by atoms with van der Waals surface area (Å²) in [7, 11) is 1.31. The number of benzene rings is 1. The van der Waals surface area contributed by atoms with Gasteiger partial charge in [-0.2, -0.15) is 0 Å². The molecule has 2 rings (SSSR count). The zero-order valence-corrected chi connectivity index (χ0v) is 14.4. The van der Waals surface area contributed by atoms with Gasteiger partial charge in [-0.05, 0) is 35.9 Å². The number of nitrogens with zero attached hydrogens (tertiary/aromatic N) is 2. The molecule has 0 unspecified atom stereocenters. The van der Waals surface area contributed by atoms with Gasteiger partial charge in [-0.3, -0.25) is 15.1 Å². The van der Waals surface area contributed by atoms with Crippen LogP contribution in [0.15, 0.2) is 53.2 Å². The number of non-ortho nitro benzene ring substituents is 1. The Labute approximate surface area is 150 Å². The van der Waals surface area contributed by atoms with Gasteiger partial charge < -0.3 is 14.2 Å². The first-order valence-electron chi connectivity index (χ1n) is 8.00. The van der Waals surface area contributed by atoms with Gasteiger partial charge in [-0.15, -0.1) is 0 Å². The van der Waals surface area contributed by atoms with E-state index in [1.54, 1.807) is 18.2 Å². The van der Waals surface area contributed by atoms with E-state index in [9.17, 15) is 14.9 Å². The molecule has 8 heteroatoms. The number of carbonyl (C=O) groups is 1. The fourth-order valence-electron chi connectivity index (χ4n) is 2.10. The quantitative estimate of drug-likeness (QED) is 0.290. The third-order valence-electron chi connectivity index (χ3n) is 3.50. The SMILES string of the molecule is COC(=O)COC1=CCC(=NCCOCc2ccc([N+](=O)[O-])cc2)C=C1. The molecule has 0 aliphatic heterocycles. The third-order valence-corrected chi connectivity index (χ3v) is 3.50. The van der Waals surface area contributed by atoms with Crippen molar-refractivity contribution in [3.63, 3.8) is 0 Å². The monoisotopic (exact) mass is 360 g/mol. The number of allylic oxidation sites excluding steroid dienone is 3. The first-order valence-corrected chi connectivity index (χ1v) is 8.00.